The lowest BCUT2D eigenvalue weighted by Crippen LogP contribution is -2.11. The first-order valence-electron chi connectivity index (χ1n) is 6.37. The molecule has 0 bridgehead atoms. The molecule has 0 aliphatic rings. The molecule has 0 amide bonds. The molecule has 3 heteroatoms. The fourth-order valence-electron chi connectivity index (χ4n) is 1.81. The topological polar surface area (TPSA) is 48.1 Å². The number of ether oxygens (including phenoxy) is 1. The first-order valence-corrected chi connectivity index (χ1v) is 6.37. The molecule has 100 valence electrons. The summed E-state index contributed by atoms with van der Waals surface area (Å²) in [6.07, 6.45) is 1.63. The minimum absolute atomic E-state index is 0.145. The van der Waals surface area contributed by atoms with Gasteiger partial charge in [-0.2, -0.15) is 0 Å². The van der Waals surface area contributed by atoms with Crippen LogP contribution in [-0.2, 0) is 5.41 Å². The van der Waals surface area contributed by atoms with E-state index in [0.29, 0.717) is 11.6 Å². The summed E-state index contributed by atoms with van der Waals surface area (Å²) < 4.78 is 5.81. The third kappa shape index (κ3) is 3.25. The lowest BCUT2D eigenvalue weighted by atomic mass is 9.86. The van der Waals surface area contributed by atoms with Crippen molar-refractivity contribution in [2.45, 2.75) is 33.1 Å². The number of hydrogen-bond acceptors (Lipinski definition) is 3. The van der Waals surface area contributed by atoms with E-state index in [1.165, 1.54) is 5.56 Å². The zero-order valence-electron chi connectivity index (χ0n) is 11.9. The fraction of sp³-hybridized carbons (Fsp3) is 0.312. The van der Waals surface area contributed by atoms with Crippen LogP contribution in [0.4, 0.5) is 5.82 Å². The summed E-state index contributed by atoms with van der Waals surface area (Å²) in [7, 11) is 0. The second-order valence-corrected chi connectivity index (χ2v) is 5.75. The number of anilines is 1. The normalized spacial score (nSPS) is 11.4. The Morgan fingerprint density at radius 1 is 1.11 bits per heavy atom. The molecular weight excluding hydrogens is 236 g/mol. The summed E-state index contributed by atoms with van der Waals surface area (Å²) in [5.41, 5.74) is 8.11. The van der Waals surface area contributed by atoms with E-state index in [1.54, 1.807) is 12.3 Å². The lowest BCUT2D eigenvalue weighted by Gasteiger charge is -2.20. The molecular formula is C16H20N2O. The highest BCUT2D eigenvalue weighted by Gasteiger charge is 2.14. The maximum Gasteiger partial charge on any atom is 0.145 e. The number of rotatable bonds is 2. The standard InChI is InChI=1S/C16H20N2O/c1-11-9-12(16(2,3)4)5-7-14(11)19-13-6-8-15(17)18-10-13/h5-10H,1-4H3,(H2,17,18). The Kier molecular flexibility index (Phi) is 3.47. The van der Waals surface area contributed by atoms with Gasteiger partial charge in [-0.3, -0.25) is 0 Å². The van der Waals surface area contributed by atoms with Crippen molar-refractivity contribution in [3.63, 3.8) is 0 Å². The molecule has 0 radical (unpaired) electrons. The summed E-state index contributed by atoms with van der Waals surface area (Å²) in [6, 6.07) is 9.83. The molecule has 1 aromatic heterocycles. The molecule has 0 atom stereocenters. The Morgan fingerprint density at radius 2 is 1.84 bits per heavy atom. The second kappa shape index (κ2) is 4.92. The monoisotopic (exact) mass is 256 g/mol. The number of nitrogens with zero attached hydrogens (tertiary/aromatic N) is 1. The van der Waals surface area contributed by atoms with Gasteiger partial charge in [0.05, 0.1) is 6.20 Å². The number of benzene rings is 1. The summed E-state index contributed by atoms with van der Waals surface area (Å²) in [5, 5.41) is 0. The van der Waals surface area contributed by atoms with Gasteiger partial charge in [-0.25, -0.2) is 4.98 Å². The van der Waals surface area contributed by atoms with Gasteiger partial charge in [0.2, 0.25) is 0 Å². The van der Waals surface area contributed by atoms with Crippen LogP contribution < -0.4 is 10.5 Å². The van der Waals surface area contributed by atoms with Gasteiger partial charge in [-0.1, -0.05) is 32.9 Å². The molecule has 1 heterocycles. The van der Waals surface area contributed by atoms with Crippen molar-refractivity contribution < 1.29 is 4.74 Å². The summed E-state index contributed by atoms with van der Waals surface area (Å²) in [4.78, 5) is 4.01. The van der Waals surface area contributed by atoms with Crippen LogP contribution in [0, 0.1) is 6.92 Å². The van der Waals surface area contributed by atoms with E-state index in [9.17, 15) is 0 Å². The predicted molar refractivity (Wildman–Crippen MR) is 78.6 cm³/mol. The fourth-order valence-corrected chi connectivity index (χ4v) is 1.81. The molecule has 0 aliphatic carbocycles. The Hall–Kier alpha value is -2.03. The molecule has 0 saturated carbocycles. The average Bonchev–Trinajstić information content (AvgIpc) is 2.33. The van der Waals surface area contributed by atoms with Gasteiger partial charge < -0.3 is 10.5 Å². The first-order chi connectivity index (χ1) is 8.86. The van der Waals surface area contributed by atoms with Crippen LogP contribution in [-0.4, -0.2) is 4.98 Å². The minimum Gasteiger partial charge on any atom is -0.455 e. The van der Waals surface area contributed by atoms with Crippen molar-refractivity contribution in [2.75, 3.05) is 5.73 Å². The third-order valence-corrected chi connectivity index (χ3v) is 3.03. The zero-order chi connectivity index (χ0) is 14.0. The Morgan fingerprint density at radius 3 is 2.37 bits per heavy atom. The maximum atomic E-state index is 5.81. The molecule has 1 aromatic carbocycles. The number of aryl methyl sites for hydroxylation is 1. The van der Waals surface area contributed by atoms with Crippen molar-refractivity contribution in [1.29, 1.82) is 0 Å². The van der Waals surface area contributed by atoms with Crippen LogP contribution in [0.3, 0.4) is 0 Å². The number of nitrogens with two attached hydrogens (primary N) is 1. The van der Waals surface area contributed by atoms with Gasteiger partial charge in [0.25, 0.3) is 0 Å². The zero-order valence-corrected chi connectivity index (χ0v) is 11.9. The van der Waals surface area contributed by atoms with E-state index in [1.807, 2.05) is 12.1 Å². The van der Waals surface area contributed by atoms with E-state index in [4.69, 9.17) is 10.5 Å². The molecule has 0 saturated heterocycles. The highest BCUT2D eigenvalue weighted by Crippen LogP contribution is 2.30. The van der Waals surface area contributed by atoms with E-state index in [2.05, 4.69) is 44.8 Å². The van der Waals surface area contributed by atoms with E-state index < -0.39 is 0 Å². The van der Waals surface area contributed by atoms with E-state index in [0.717, 1.165) is 11.3 Å². The van der Waals surface area contributed by atoms with Gasteiger partial charge in [0, 0.05) is 0 Å². The second-order valence-electron chi connectivity index (χ2n) is 5.75. The number of aromatic nitrogens is 1. The molecule has 2 rings (SSSR count). The van der Waals surface area contributed by atoms with Crippen molar-refractivity contribution in [3.8, 4) is 11.5 Å². The summed E-state index contributed by atoms with van der Waals surface area (Å²) in [5.74, 6) is 2.03. The highest BCUT2D eigenvalue weighted by atomic mass is 16.5. The maximum absolute atomic E-state index is 5.81. The summed E-state index contributed by atoms with van der Waals surface area (Å²) in [6.45, 7) is 8.65. The van der Waals surface area contributed by atoms with Crippen molar-refractivity contribution in [2.24, 2.45) is 0 Å². The molecule has 0 unspecified atom stereocenters. The van der Waals surface area contributed by atoms with Crippen LogP contribution in [0.5, 0.6) is 11.5 Å². The van der Waals surface area contributed by atoms with E-state index in [-0.39, 0.29) is 5.41 Å². The van der Waals surface area contributed by atoms with Gasteiger partial charge >= 0.3 is 0 Å². The third-order valence-electron chi connectivity index (χ3n) is 3.03. The largest absolute Gasteiger partial charge is 0.455 e. The predicted octanol–water partition coefficient (Wildman–Crippen LogP) is 4.06. The number of nitrogen functional groups attached to an aromatic ring is 1. The molecule has 3 nitrogen and oxygen atoms in total. The van der Waals surface area contributed by atoms with Gasteiger partial charge in [0.1, 0.15) is 17.3 Å². The molecule has 19 heavy (non-hydrogen) atoms. The first kappa shape index (κ1) is 13.4. The highest BCUT2D eigenvalue weighted by molar-refractivity contribution is 5.42. The SMILES string of the molecule is Cc1cc(C(C)(C)C)ccc1Oc1ccc(N)nc1. The molecule has 0 aliphatic heterocycles. The van der Waals surface area contributed by atoms with Crippen LogP contribution in [0.25, 0.3) is 0 Å². The summed E-state index contributed by atoms with van der Waals surface area (Å²) >= 11 is 0. The Balaban J connectivity index is 2.24. The Bertz CT molecular complexity index is 568. The average molecular weight is 256 g/mol. The van der Waals surface area contributed by atoms with Crippen molar-refractivity contribution in [1.82, 2.24) is 4.98 Å². The molecule has 0 fully saturated rings. The van der Waals surface area contributed by atoms with Gasteiger partial charge in [-0.15, -0.1) is 0 Å². The van der Waals surface area contributed by atoms with Gasteiger partial charge in [0.15, 0.2) is 0 Å². The van der Waals surface area contributed by atoms with E-state index >= 15 is 0 Å². The minimum atomic E-state index is 0.145. The van der Waals surface area contributed by atoms with Gasteiger partial charge in [-0.05, 0) is 41.7 Å². The smallest absolute Gasteiger partial charge is 0.145 e. The Labute approximate surface area is 114 Å². The number of hydrogen-bond donors (Lipinski definition) is 1. The molecule has 0 spiro atoms. The number of pyridine rings is 1. The molecule has 2 N–H and O–H groups in total. The lowest BCUT2D eigenvalue weighted by molar-refractivity contribution is 0.475. The van der Waals surface area contributed by atoms with Crippen LogP contribution >= 0.6 is 0 Å². The quantitative estimate of drug-likeness (QED) is 0.881. The molecule has 2 aromatic rings. The van der Waals surface area contributed by atoms with Crippen molar-refractivity contribution >= 4 is 5.82 Å². The van der Waals surface area contributed by atoms with Crippen LogP contribution in [0.1, 0.15) is 31.9 Å². The van der Waals surface area contributed by atoms with Crippen LogP contribution in [0.15, 0.2) is 36.5 Å². The van der Waals surface area contributed by atoms with Crippen molar-refractivity contribution in [3.05, 3.63) is 47.7 Å². The van der Waals surface area contributed by atoms with Crippen LogP contribution in [0.2, 0.25) is 0 Å².